The number of oxazole rings is 1. The third-order valence-corrected chi connectivity index (χ3v) is 4.57. The molecular weight excluding hydrogens is 320 g/mol. The molecule has 0 spiro atoms. The van der Waals surface area contributed by atoms with E-state index in [1.54, 1.807) is 11.8 Å². The first-order valence-electron chi connectivity index (χ1n) is 6.60. The Bertz CT molecular complexity index is 679. The van der Waals surface area contributed by atoms with Gasteiger partial charge in [-0.25, -0.2) is 4.98 Å². The molecule has 1 aromatic heterocycles. The maximum absolute atomic E-state index is 12.6. The van der Waals surface area contributed by atoms with Crippen molar-refractivity contribution >= 4 is 27.5 Å². The fourth-order valence-electron chi connectivity index (χ4n) is 2.54. The minimum absolute atomic E-state index is 0.103. The average molecular weight is 335 g/mol. The Morgan fingerprint density at radius 1 is 1.40 bits per heavy atom. The minimum Gasteiger partial charge on any atom is -0.448 e. The van der Waals surface area contributed by atoms with Crippen LogP contribution < -0.4 is 4.90 Å². The zero-order chi connectivity index (χ0) is 14.3. The highest BCUT2D eigenvalue weighted by Gasteiger charge is 2.27. The average Bonchev–Trinajstić information content (AvgIpc) is 2.88. The van der Waals surface area contributed by atoms with E-state index in [1.165, 1.54) is 11.8 Å². The molecule has 2 aromatic rings. The van der Waals surface area contributed by atoms with Crippen molar-refractivity contribution in [2.45, 2.75) is 26.7 Å². The van der Waals surface area contributed by atoms with Crippen molar-refractivity contribution < 1.29 is 9.21 Å². The molecule has 0 fully saturated rings. The molecule has 4 nitrogen and oxygen atoms in total. The van der Waals surface area contributed by atoms with Gasteiger partial charge in [0.15, 0.2) is 11.6 Å². The van der Waals surface area contributed by atoms with Crippen LogP contribution in [0.5, 0.6) is 0 Å². The van der Waals surface area contributed by atoms with Crippen molar-refractivity contribution in [3.8, 4) is 0 Å². The van der Waals surface area contributed by atoms with Crippen molar-refractivity contribution in [3.05, 3.63) is 45.6 Å². The molecule has 1 aliphatic rings. The number of rotatable bonds is 1. The summed E-state index contributed by atoms with van der Waals surface area (Å²) in [4.78, 5) is 18.6. The molecular formula is C15H15BrN2O2. The number of amides is 1. The summed E-state index contributed by atoms with van der Waals surface area (Å²) in [5, 5.41) is 0. The molecule has 0 saturated carbocycles. The predicted molar refractivity (Wildman–Crippen MR) is 80.1 cm³/mol. The van der Waals surface area contributed by atoms with Gasteiger partial charge in [-0.2, -0.15) is 0 Å². The molecule has 0 atom stereocenters. The second kappa shape index (κ2) is 5.05. The lowest BCUT2D eigenvalue weighted by Crippen LogP contribution is -2.36. The number of hydrogen-bond acceptors (Lipinski definition) is 3. The highest BCUT2D eigenvalue weighted by atomic mass is 79.9. The number of anilines is 1. The van der Waals surface area contributed by atoms with Crippen molar-refractivity contribution in [1.82, 2.24) is 4.98 Å². The number of aromatic nitrogens is 1. The van der Waals surface area contributed by atoms with Gasteiger partial charge in [0.1, 0.15) is 6.26 Å². The van der Waals surface area contributed by atoms with Gasteiger partial charge in [0.05, 0.1) is 5.69 Å². The van der Waals surface area contributed by atoms with E-state index in [0.717, 1.165) is 28.6 Å². The normalized spacial score (nSPS) is 14.2. The van der Waals surface area contributed by atoms with E-state index in [-0.39, 0.29) is 5.91 Å². The van der Waals surface area contributed by atoms with Crippen molar-refractivity contribution in [2.24, 2.45) is 0 Å². The first-order valence-corrected chi connectivity index (χ1v) is 7.39. The zero-order valence-corrected chi connectivity index (χ0v) is 13.0. The van der Waals surface area contributed by atoms with Gasteiger partial charge in [0.25, 0.3) is 5.91 Å². The van der Waals surface area contributed by atoms with Crippen LogP contribution in [0.1, 0.15) is 33.9 Å². The smallest absolute Gasteiger partial charge is 0.280 e. The maximum atomic E-state index is 12.6. The molecule has 0 radical (unpaired) electrons. The van der Waals surface area contributed by atoms with Gasteiger partial charge in [-0.1, -0.05) is 12.1 Å². The molecule has 1 aromatic carbocycles. The van der Waals surface area contributed by atoms with E-state index in [2.05, 4.69) is 33.0 Å². The summed E-state index contributed by atoms with van der Waals surface area (Å²) in [5.41, 5.74) is 3.66. The summed E-state index contributed by atoms with van der Waals surface area (Å²) in [6, 6.07) is 4.18. The molecule has 1 aliphatic heterocycles. The second-order valence-corrected chi connectivity index (χ2v) is 5.81. The van der Waals surface area contributed by atoms with Gasteiger partial charge in [-0.05, 0) is 46.8 Å². The highest BCUT2D eigenvalue weighted by molar-refractivity contribution is 9.10. The fourth-order valence-corrected chi connectivity index (χ4v) is 3.14. The monoisotopic (exact) mass is 334 g/mol. The standard InChI is InChI=1S/C15H15BrN2O2/c1-9-5-6-11-4-3-7-18(14(11)13(9)16)15(19)12-8-20-10(2)17-12/h5-6,8H,3-4,7H2,1-2H3. The number of benzene rings is 1. The van der Waals surface area contributed by atoms with Crippen LogP contribution in [0.4, 0.5) is 5.69 Å². The first kappa shape index (κ1) is 13.4. The molecule has 2 heterocycles. The van der Waals surface area contributed by atoms with Crippen LogP contribution in [0.2, 0.25) is 0 Å². The molecule has 5 heteroatoms. The topological polar surface area (TPSA) is 46.3 Å². The maximum Gasteiger partial charge on any atom is 0.280 e. The van der Waals surface area contributed by atoms with Crippen molar-refractivity contribution in [1.29, 1.82) is 0 Å². The number of nitrogens with zero attached hydrogens (tertiary/aromatic N) is 2. The first-order chi connectivity index (χ1) is 9.58. The summed E-state index contributed by atoms with van der Waals surface area (Å²) in [6.45, 7) is 4.47. The summed E-state index contributed by atoms with van der Waals surface area (Å²) in [5.74, 6) is 0.406. The minimum atomic E-state index is -0.103. The number of aryl methyl sites for hydroxylation is 3. The molecule has 3 rings (SSSR count). The van der Waals surface area contributed by atoms with Gasteiger partial charge >= 0.3 is 0 Å². The predicted octanol–water partition coefficient (Wildman–Crippen LogP) is 3.65. The Balaban J connectivity index is 2.05. The molecule has 0 bridgehead atoms. The summed E-state index contributed by atoms with van der Waals surface area (Å²) < 4.78 is 6.14. The van der Waals surface area contributed by atoms with Gasteiger partial charge in [0.2, 0.25) is 0 Å². The summed E-state index contributed by atoms with van der Waals surface area (Å²) in [6.07, 6.45) is 3.39. The van der Waals surface area contributed by atoms with E-state index in [4.69, 9.17) is 4.42 Å². The number of halogens is 1. The molecule has 1 amide bonds. The van der Waals surface area contributed by atoms with Crippen LogP contribution in [0.15, 0.2) is 27.3 Å². The Morgan fingerprint density at radius 3 is 2.90 bits per heavy atom. The van der Waals surface area contributed by atoms with E-state index in [9.17, 15) is 4.79 Å². The Kier molecular flexibility index (Phi) is 3.38. The lowest BCUT2D eigenvalue weighted by Gasteiger charge is -2.30. The molecule has 0 unspecified atom stereocenters. The number of hydrogen-bond donors (Lipinski definition) is 0. The van der Waals surface area contributed by atoms with Gasteiger partial charge in [0, 0.05) is 17.9 Å². The Morgan fingerprint density at radius 2 is 2.20 bits per heavy atom. The SMILES string of the molecule is Cc1nc(C(=O)N2CCCc3ccc(C)c(Br)c32)co1. The van der Waals surface area contributed by atoms with E-state index in [1.807, 2.05) is 6.92 Å². The zero-order valence-electron chi connectivity index (χ0n) is 11.4. The fraction of sp³-hybridized carbons (Fsp3) is 0.333. The lowest BCUT2D eigenvalue weighted by atomic mass is 9.99. The van der Waals surface area contributed by atoms with Gasteiger partial charge < -0.3 is 9.32 Å². The van der Waals surface area contributed by atoms with Crippen LogP contribution in [-0.2, 0) is 6.42 Å². The van der Waals surface area contributed by atoms with Gasteiger partial charge in [-0.3, -0.25) is 4.79 Å². The summed E-state index contributed by atoms with van der Waals surface area (Å²) >= 11 is 3.61. The third kappa shape index (κ3) is 2.16. The largest absolute Gasteiger partial charge is 0.448 e. The quantitative estimate of drug-likeness (QED) is 0.799. The molecule has 20 heavy (non-hydrogen) atoms. The number of carbonyl (C=O) groups is 1. The van der Waals surface area contributed by atoms with E-state index in [0.29, 0.717) is 18.1 Å². The van der Waals surface area contributed by atoms with Crippen molar-refractivity contribution in [3.63, 3.8) is 0 Å². The van der Waals surface area contributed by atoms with Crippen LogP contribution in [0.25, 0.3) is 0 Å². The van der Waals surface area contributed by atoms with E-state index >= 15 is 0 Å². The Hall–Kier alpha value is -1.62. The van der Waals surface area contributed by atoms with Gasteiger partial charge in [-0.15, -0.1) is 0 Å². The summed E-state index contributed by atoms with van der Waals surface area (Å²) in [7, 11) is 0. The second-order valence-electron chi connectivity index (χ2n) is 5.02. The van der Waals surface area contributed by atoms with Crippen LogP contribution in [0, 0.1) is 13.8 Å². The van der Waals surface area contributed by atoms with Crippen LogP contribution in [0.3, 0.4) is 0 Å². The molecule has 0 saturated heterocycles. The molecule has 0 aliphatic carbocycles. The third-order valence-electron chi connectivity index (χ3n) is 3.57. The van der Waals surface area contributed by atoms with Crippen molar-refractivity contribution in [2.75, 3.05) is 11.4 Å². The highest BCUT2D eigenvalue weighted by Crippen LogP contribution is 2.37. The lowest BCUT2D eigenvalue weighted by molar-refractivity contribution is 0.0980. The molecule has 104 valence electrons. The van der Waals surface area contributed by atoms with E-state index < -0.39 is 0 Å². The molecule has 0 N–H and O–H groups in total. The number of fused-ring (bicyclic) bond motifs is 1. The van der Waals surface area contributed by atoms with Crippen LogP contribution >= 0.6 is 15.9 Å². The Labute approximate surface area is 125 Å². The van der Waals surface area contributed by atoms with Crippen LogP contribution in [-0.4, -0.2) is 17.4 Å². The number of carbonyl (C=O) groups excluding carboxylic acids is 1.